The van der Waals surface area contributed by atoms with Crippen molar-refractivity contribution in [2.24, 2.45) is 0 Å². The van der Waals surface area contributed by atoms with Crippen LogP contribution in [0.5, 0.6) is 0 Å². The lowest BCUT2D eigenvalue weighted by Gasteiger charge is -2.45. The predicted molar refractivity (Wildman–Crippen MR) is 74.7 cm³/mol. The van der Waals surface area contributed by atoms with Crippen molar-refractivity contribution in [1.82, 2.24) is 10.2 Å². The van der Waals surface area contributed by atoms with Gasteiger partial charge in [-0.2, -0.15) is 0 Å². The van der Waals surface area contributed by atoms with Gasteiger partial charge in [-0.1, -0.05) is 30.3 Å². The van der Waals surface area contributed by atoms with Gasteiger partial charge in [0.25, 0.3) is 0 Å². The molecule has 19 heavy (non-hydrogen) atoms. The highest BCUT2D eigenvalue weighted by Crippen LogP contribution is 2.26. The molecule has 0 spiro atoms. The number of nitrogens with one attached hydrogen (secondary N) is 1. The molecule has 0 bridgehead atoms. The molecule has 2 atom stereocenters. The van der Waals surface area contributed by atoms with Crippen LogP contribution >= 0.6 is 0 Å². The summed E-state index contributed by atoms with van der Waals surface area (Å²) in [4.78, 5) is 14.2. The maximum Gasteiger partial charge on any atom is 0.242 e. The van der Waals surface area contributed by atoms with E-state index in [1.807, 2.05) is 56.0 Å². The maximum atomic E-state index is 12.4. The van der Waals surface area contributed by atoms with Crippen molar-refractivity contribution in [3.8, 4) is 0 Å². The number of aliphatic hydroxyl groups excluding tert-OH is 1. The van der Waals surface area contributed by atoms with E-state index in [0.29, 0.717) is 6.54 Å². The van der Waals surface area contributed by atoms with Crippen LogP contribution in [0.2, 0.25) is 0 Å². The molecule has 1 saturated heterocycles. The quantitative estimate of drug-likeness (QED) is 0.864. The second-order valence-corrected chi connectivity index (χ2v) is 5.82. The standard InChI is InChI=1S/C15H22N2O2/c1-11(12-7-5-4-6-8-12)17-10-15(2,3)16-13(9-18)14(17)19/h4-8,11,13,16,18H,9-10H2,1-3H3. The van der Waals surface area contributed by atoms with Gasteiger partial charge in [-0.05, 0) is 26.3 Å². The third-order valence-electron chi connectivity index (χ3n) is 3.64. The molecular formula is C15H22N2O2. The summed E-state index contributed by atoms with van der Waals surface area (Å²) in [6, 6.07) is 9.50. The molecule has 4 heteroatoms. The summed E-state index contributed by atoms with van der Waals surface area (Å²) < 4.78 is 0. The van der Waals surface area contributed by atoms with E-state index >= 15 is 0 Å². The van der Waals surface area contributed by atoms with Crippen LogP contribution in [-0.2, 0) is 4.79 Å². The minimum atomic E-state index is -0.505. The molecule has 1 heterocycles. The van der Waals surface area contributed by atoms with E-state index in [1.165, 1.54) is 0 Å². The van der Waals surface area contributed by atoms with E-state index < -0.39 is 6.04 Å². The number of hydrogen-bond donors (Lipinski definition) is 2. The van der Waals surface area contributed by atoms with Crippen molar-refractivity contribution < 1.29 is 9.90 Å². The zero-order valence-corrected chi connectivity index (χ0v) is 11.8. The first kappa shape index (κ1) is 14.0. The van der Waals surface area contributed by atoms with Gasteiger partial charge < -0.3 is 10.0 Å². The third-order valence-corrected chi connectivity index (χ3v) is 3.64. The summed E-state index contributed by atoms with van der Waals surface area (Å²) in [7, 11) is 0. The fourth-order valence-electron chi connectivity index (χ4n) is 2.65. The Balaban J connectivity index is 2.24. The highest BCUT2D eigenvalue weighted by atomic mass is 16.3. The number of aliphatic hydroxyl groups is 1. The van der Waals surface area contributed by atoms with E-state index in [9.17, 15) is 9.90 Å². The average molecular weight is 262 g/mol. The number of amides is 1. The number of benzene rings is 1. The molecule has 0 saturated carbocycles. The highest BCUT2D eigenvalue weighted by Gasteiger charge is 2.39. The van der Waals surface area contributed by atoms with Gasteiger partial charge in [0.05, 0.1) is 12.6 Å². The summed E-state index contributed by atoms with van der Waals surface area (Å²) in [6.45, 7) is 6.60. The number of nitrogens with zero attached hydrogens (tertiary/aromatic N) is 1. The van der Waals surface area contributed by atoms with Crippen LogP contribution in [-0.4, -0.2) is 40.6 Å². The number of hydrogen-bond acceptors (Lipinski definition) is 3. The van der Waals surface area contributed by atoms with Gasteiger partial charge >= 0.3 is 0 Å². The van der Waals surface area contributed by atoms with E-state index in [1.54, 1.807) is 0 Å². The normalized spacial score (nSPS) is 24.3. The molecule has 0 radical (unpaired) electrons. The van der Waals surface area contributed by atoms with E-state index in [0.717, 1.165) is 5.56 Å². The Morgan fingerprint density at radius 3 is 2.63 bits per heavy atom. The molecule has 2 N–H and O–H groups in total. The van der Waals surface area contributed by atoms with Crippen molar-refractivity contribution >= 4 is 5.91 Å². The molecule has 1 aromatic rings. The molecule has 2 unspecified atom stereocenters. The molecule has 104 valence electrons. The van der Waals surface area contributed by atoms with Crippen molar-refractivity contribution in [2.75, 3.05) is 13.2 Å². The predicted octanol–water partition coefficient (Wildman–Crippen LogP) is 1.32. The minimum absolute atomic E-state index is 0.0177. The summed E-state index contributed by atoms with van der Waals surface area (Å²) in [5.74, 6) is -0.0295. The second kappa shape index (κ2) is 5.31. The molecule has 1 aliphatic rings. The Hall–Kier alpha value is -1.39. The van der Waals surface area contributed by atoms with Gasteiger partial charge in [-0.25, -0.2) is 0 Å². The topological polar surface area (TPSA) is 52.6 Å². The molecule has 4 nitrogen and oxygen atoms in total. The number of carbonyl (C=O) groups is 1. The average Bonchev–Trinajstić information content (AvgIpc) is 2.41. The summed E-state index contributed by atoms with van der Waals surface area (Å²) in [5, 5.41) is 12.5. The van der Waals surface area contributed by atoms with Crippen molar-refractivity contribution in [2.45, 2.75) is 38.4 Å². The SMILES string of the molecule is CC(c1ccccc1)N1CC(C)(C)NC(CO)C1=O. The summed E-state index contributed by atoms with van der Waals surface area (Å²) in [6.07, 6.45) is 0. The lowest BCUT2D eigenvalue weighted by molar-refractivity contribution is -0.142. The van der Waals surface area contributed by atoms with E-state index in [4.69, 9.17) is 0 Å². The lowest BCUT2D eigenvalue weighted by atomic mass is 9.95. The molecular weight excluding hydrogens is 240 g/mol. The molecule has 0 aromatic heterocycles. The second-order valence-electron chi connectivity index (χ2n) is 5.82. The van der Waals surface area contributed by atoms with Gasteiger partial charge in [-0.3, -0.25) is 10.1 Å². The van der Waals surface area contributed by atoms with Crippen LogP contribution in [0.1, 0.15) is 32.4 Å². The Kier molecular flexibility index (Phi) is 3.92. The largest absolute Gasteiger partial charge is 0.394 e. The smallest absolute Gasteiger partial charge is 0.242 e. The molecule has 1 aliphatic heterocycles. The zero-order valence-electron chi connectivity index (χ0n) is 11.8. The van der Waals surface area contributed by atoms with Gasteiger partial charge in [0.1, 0.15) is 6.04 Å². The van der Waals surface area contributed by atoms with Crippen molar-refractivity contribution in [3.63, 3.8) is 0 Å². The lowest BCUT2D eigenvalue weighted by Crippen LogP contribution is -2.66. The maximum absolute atomic E-state index is 12.4. The zero-order chi connectivity index (χ0) is 14.0. The Morgan fingerprint density at radius 2 is 2.05 bits per heavy atom. The number of piperazine rings is 1. The van der Waals surface area contributed by atoms with E-state index in [-0.39, 0.29) is 24.1 Å². The van der Waals surface area contributed by atoms with Gasteiger partial charge in [-0.15, -0.1) is 0 Å². The first-order valence-corrected chi connectivity index (χ1v) is 6.68. The van der Waals surface area contributed by atoms with E-state index in [2.05, 4.69) is 5.32 Å². The summed E-state index contributed by atoms with van der Waals surface area (Å²) >= 11 is 0. The Morgan fingerprint density at radius 1 is 1.42 bits per heavy atom. The first-order chi connectivity index (χ1) is 8.94. The van der Waals surface area contributed by atoms with Crippen LogP contribution in [0.3, 0.4) is 0 Å². The Labute approximate surface area is 114 Å². The van der Waals surface area contributed by atoms with Gasteiger partial charge in [0, 0.05) is 12.1 Å². The molecule has 0 aliphatic carbocycles. The number of carbonyl (C=O) groups excluding carboxylic acids is 1. The monoisotopic (exact) mass is 262 g/mol. The summed E-state index contributed by atoms with van der Waals surface area (Å²) in [5.41, 5.74) is 0.926. The van der Waals surface area contributed by atoms with Crippen molar-refractivity contribution in [1.29, 1.82) is 0 Å². The van der Waals surface area contributed by atoms with Crippen LogP contribution in [0, 0.1) is 0 Å². The Bertz CT molecular complexity index is 445. The van der Waals surface area contributed by atoms with Crippen LogP contribution in [0.25, 0.3) is 0 Å². The fraction of sp³-hybridized carbons (Fsp3) is 0.533. The molecule has 2 rings (SSSR count). The fourth-order valence-corrected chi connectivity index (χ4v) is 2.65. The molecule has 1 aromatic carbocycles. The minimum Gasteiger partial charge on any atom is -0.394 e. The van der Waals surface area contributed by atoms with Crippen LogP contribution in [0.4, 0.5) is 0 Å². The van der Waals surface area contributed by atoms with Crippen LogP contribution in [0.15, 0.2) is 30.3 Å². The van der Waals surface area contributed by atoms with Gasteiger partial charge in [0.15, 0.2) is 0 Å². The van der Waals surface area contributed by atoms with Crippen molar-refractivity contribution in [3.05, 3.63) is 35.9 Å². The number of rotatable bonds is 3. The first-order valence-electron chi connectivity index (χ1n) is 6.68. The van der Waals surface area contributed by atoms with Crippen LogP contribution < -0.4 is 5.32 Å². The third kappa shape index (κ3) is 2.96. The molecule has 1 fully saturated rings. The highest BCUT2D eigenvalue weighted by molar-refractivity contribution is 5.83. The van der Waals surface area contributed by atoms with Gasteiger partial charge in [0.2, 0.25) is 5.91 Å². The molecule has 1 amide bonds.